The molecule has 1 aromatic carbocycles. The van der Waals surface area contributed by atoms with E-state index in [-0.39, 0.29) is 0 Å². The number of nitrogens with zero attached hydrogens (tertiary/aromatic N) is 1. The molecular weight excluding hydrogens is 182 g/mol. The van der Waals surface area contributed by atoms with Gasteiger partial charge in [0.15, 0.2) is 5.71 Å². The molecule has 14 heavy (non-hydrogen) atoms. The van der Waals surface area contributed by atoms with Gasteiger partial charge in [-0.15, -0.1) is 0 Å². The SMILES string of the molecule is O=C(O)C(/C=C/c1ccccc1)=N\O. The van der Waals surface area contributed by atoms with Gasteiger partial charge in [-0.05, 0) is 11.6 Å². The maximum Gasteiger partial charge on any atom is 0.357 e. The van der Waals surface area contributed by atoms with E-state index in [0.717, 1.165) is 5.56 Å². The van der Waals surface area contributed by atoms with Crippen molar-refractivity contribution >= 4 is 17.8 Å². The molecule has 4 heteroatoms. The number of benzene rings is 1. The number of aliphatic carboxylic acids is 1. The minimum atomic E-state index is -1.26. The van der Waals surface area contributed by atoms with Crippen molar-refractivity contribution in [2.24, 2.45) is 5.16 Å². The lowest BCUT2D eigenvalue weighted by Crippen LogP contribution is -2.09. The molecule has 0 aromatic heterocycles. The van der Waals surface area contributed by atoms with Gasteiger partial charge in [0.05, 0.1) is 0 Å². The zero-order valence-electron chi connectivity index (χ0n) is 7.29. The zero-order chi connectivity index (χ0) is 10.4. The summed E-state index contributed by atoms with van der Waals surface area (Å²) < 4.78 is 0. The highest BCUT2D eigenvalue weighted by Crippen LogP contribution is 2.01. The second-order valence-electron chi connectivity index (χ2n) is 2.53. The molecule has 0 amide bonds. The molecule has 0 saturated heterocycles. The van der Waals surface area contributed by atoms with Crippen LogP contribution in [-0.4, -0.2) is 22.0 Å². The molecule has 0 aliphatic rings. The van der Waals surface area contributed by atoms with Crippen molar-refractivity contribution in [1.29, 1.82) is 0 Å². The summed E-state index contributed by atoms with van der Waals surface area (Å²) in [6.07, 6.45) is 2.79. The molecule has 0 spiro atoms. The molecule has 2 N–H and O–H groups in total. The fourth-order valence-electron chi connectivity index (χ4n) is 0.887. The zero-order valence-corrected chi connectivity index (χ0v) is 7.29. The Morgan fingerprint density at radius 1 is 1.29 bits per heavy atom. The molecule has 0 heterocycles. The molecule has 72 valence electrons. The monoisotopic (exact) mass is 191 g/mol. The van der Waals surface area contributed by atoms with Crippen LogP contribution in [0.2, 0.25) is 0 Å². The maximum atomic E-state index is 10.4. The number of carboxylic acids is 1. The van der Waals surface area contributed by atoms with Gasteiger partial charge in [0.1, 0.15) is 0 Å². The van der Waals surface area contributed by atoms with Crippen molar-refractivity contribution in [2.45, 2.75) is 0 Å². The average molecular weight is 191 g/mol. The fourth-order valence-corrected chi connectivity index (χ4v) is 0.887. The number of carbonyl (C=O) groups is 1. The van der Waals surface area contributed by atoms with E-state index in [1.165, 1.54) is 6.08 Å². The van der Waals surface area contributed by atoms with E-state index in [9.17, 15) is 4.79 Å². The lowest BCUT2D eigenvalue weighted by molar-refractivity contribution is -0.129. The predicted molar refractivity (Wildman–Crippen MR) is 52.3 cm³/mol. The Morgan fingerprint density at radius 3 is 2.43 bits per heavy atom. The molecule has 0 aliphatic heterocycles. The molecule has 0 unspecified atom stereocenters. The highest BCUT2D eigenvalue weighted by Gasteiger charge is 2.04. The Morgan fingerprint density at radius 2 is 1.93 bits per heavy atom. The second-order valence-corrected chi connectivity index (χ2v) is 2.53. The van der Waals surface area contributed by atoms with Gasteiger partial charge in [-0.2, -0.15) is 0 Å². The topological polar surface area (TPSA) is 69.9 Å². The Labute approximate surface area is 80.8 Å². The summed E-state index contributed by atoms with van der Waals surface area (Å²) in [6, 6.07) is 9.14. The van der Waals surface area contributed by atoms with Crippen molar-refractivity contribution in [3.05, 3.63) is 42.0 Å². The van der Waals surface area contributed by atoms with Crippen LogP contribution in [0.5, 0.6) is 0 Å². The van der Waals surface area contributed by atoms with Crippen LogP contribution in [0.15, 0.2) is 41.6 Å². The molecule has 4 nitrogen and oxygen atoms in total. The molecule has 1 rings (SSSR count). The van der Waals surface area contributed by atoms with Gasteiger partial charge in [0, 0.05) is 0 Å². The Bertz CT molecular complexity index is 368. The third kappa shape index (κ3) is 2.75. The van der Waals surface area contributed by atoms with E-state index in [0.29, 0.717) is 0 Å². The third-order valence-corrected chi connectivity index (χ3v) is 1.56. The summed E-state index contributed by atoms with van der Waals surface area (Å²) in [4.78, 5) is 10.4. The van der Waals surface area contributed by atoms with Crippen LogP contribution in [0, 0.1) is 0 Å². The lowest BCUT2D eigenvalue weighted by atomic mass is 10.2. The molecule has 0 radical (unpaired) electrons. The number of oxime groups is 1. The summed E-state index contributed by atoms with van der Waals surface area (Å²) in [5.41, 5.74) is 0.448. The number of carboxylic acid groups (broad SMARTS) is 1. The average Bonchev–Trinajstić information content (AvgIpc) is 2.20. The first kappa shape index (κ1) is 9.98. The van der Waals surface area contributed by atoms with Gasteiger partial charge in [0.25, 0.3) is 0 Å². The van der Waals surface area contributed by atoms with Crippen LogP contribution in [0.4, 0.5) is 0 Å². The quantitative estimate of drug-likeness (QED) is 0.433. The Hall–Kier alpha value is -2.10. The van der Waals surface area contributed by atoms with Crippen molar-refractivity contribution in [3.8, 4) is 0 Å². The van der Waals surface area contributed by atoms with E-state index in [2.05, 4.69) is 5.16 Å². The molecule has 0 fully saturated rings. The van der Waals surface area contributed by atoms with Crippen LogP contribution in [0.25, 0.3) is 6.08 Å². The molecule has 0 bridgehead atoms. The van der Waals surface area contributed by atoms with E-state index in [1.54, 1.807) is 6.08 Å². The van der Waals surface area contributed by atoms with E-state index in [1.807, 2.05) is 30.3 Å². The molecule has 1 aromatic rings. The lowest BCUT2D eigenvalue weighted by Gasteiger charge is -1.91. The highest BCUT2D eigenvalue weighted by molar-refractivity contribution is 6.40. The van der Waals surface area contributed by atoms with Gasteiger partial charge in [0.2, 0.25) is 0 Å². The highest BCUT2D eigenvalue weighted by atomic mass is 16.4. The standard InChI is InChI=1S/C10H9NO3/c12-10(13)9(11-14)7-6-8-4-2-1-3-5-8/h1-7,14H,(H,12,13)/b7-6+,11-9-. The minimum absolute atomic E-state index is 0.395. The predicted octanol–water partition coefficient (Wildman–Crippen LogP) is 1.61. The Kier molecular flexibility index (Phi) is 3.43. The van der Waals surface area contributed by atoms with Gasteiger partial charge in [-0.1, -0.05) is 41.6 Å². The van der Waals surface area contributed by atoms with Crippen molar-refractivity contribution in [2.75, 3.05) is 0 Å². The maximum absolute atomic E-state index is 10.4. The number of hydrogen-bond donors (Lipinski definition) is 2. The largest absolute Gasteiger partial charge is 0.476 e. The van der Waals surface area contributed by atoms with E-state index in [4.69, 9.17) is 10.3 Å². The van der Waals surface area contributed by atoms with Crippen LogP contribution < -0.4 is 0 Å². The minimum Gasteiger partial charge on any atom is -0.476 e. The number of rotatable bonds is 3. The number of hydrogen-bond acceptors (Lipinski definition) is 3. The van der Waals surface area contributed by atoms with Crippen LogP contribution in [0.1, 0.15) is 5.56 Å². The first-order valence-electron chi connectivity index (χ1n) is 3.92. The van der Waals surface area contributed by atoms with E-state index >= 15 is 0 Å². The van der Waals surface area contributed by atoms with Crippen LogP contribution in [-0.2, 0) is 4.79 Å². The molecule has 0 saturated carbocycles. The summed E-state index contributed by atoms with van der Waals surface area (Å²) in [6.45, 7) is 0. The normalized spacial score (nSPS) is 11.9. The van der Waals surface area contributed by atoms with Gasteiger partial charge >= 0.3 is 5.97 Å². The second kappa shape index (κ2) is 4.81. The van der Waals surface area contributed by atoms with Crippen molar-refractivity contribution < 1.29 is 15.1 Å². The van der Waals surface area contributed by atoms with Gasteiger partial charge in [-0.25, -0.2) is 4.79 Å². The van der Waals surface area contributed by atoms with Crippen molar-refractivity contribution in [3.63, 3.8) is 0 Å². The molecular formula is C10H9NO3. The van der Waals surface area contributed by atoms with Crippen molar-refractivity contribution in [1.82, 2.24) is 0 Å². The first-order valence-corrected chi connectivity index (χ1v) is 3.92. The first-order chi connectivity index (χ1) is 6.74. The molecule has 0 aliphatic carbocycles. The summed E-state index contributed by atoms with van der Waals surface area (Å²) in [5.74, 6) is -1.26. The smallest absolute Gasteiger partial charge is 0.357 e. The Balaban J connectivity index is 2.78. The summed E-state index contributed by atoms with van der Waals surface area (Å²) in [5, 5.41) is 19.5. The fraction of sp³-hybridized carbons (Fsp3) is 0. The molecule has 0 atom stereocenters. The van der Waals surface area contributed by atoms with Crippen LogP contribution >= 0.6 is 0 Å². The van der Waals surface area contributed by atoms with Crippen LogP contribution in [0.3, 0.4) is 0 Å². The van der Waals surface area contributed by atoms with Gasteiger partial charge in [-0.3, -0.25) is 0 Å². The summed E-state index contributed by atoms with van der Waals surface area (Å²) >= 11 is 0. The summed E-state index contributed by atoms with van der Waals surface area (Å²) in [7, 11) is 0. The van der Waals surface area contributed by atoms with E-state index < -0.39 is 11.7 Å². The van der Waals surface area contributed by atoms with Gasteiger partial charge < -0.3 is 10.3 Å². The third-order valence-electron chi connectivity index (χ3n) is 1.56.